The first-order valence-electron chi connectivity index (χ1n) is 10.9. The number of carbonyl (C=O) groups excluding carboxylic acids is 2. The van der Waals surface area contributed by atoms with E-state index in [-0.39, 0.29) is 35.6 Å². The molecule has 1 saturated carbocycles. The van der Waals surface area contributed by atoms with Crippen molar-refractivity contribution < 1.29 is 31.9 Å². The predicted octanol–water partition coefficient (Wildman–Crippen LogP) is 3.82. The molecular formula is C21H23F4N5O3S2. The second-order valence-electron chi connectivity index (χ2n) is 8.35. The van der Waals surface area contributed by atoms with Gasteiger partial charge in [-0.2, -0.15) is 18.3 Å². The first kappa shape index (κ1) is 25.4. The Labute approximate surface area is 207 Å². The summed E-state index contributed by atoms with van der Waals surface area (Å²) in [7, 11) is 1.37. The van der Waals surface area contributed by atoms with Gasteiger partial charge in [-0.05, 0) is 50.4 Å². The summed E-state index contributed by atoms with van der Waals surface area (Å²) >= 11 is 6.56. The topological polar surface area (TPSA) is 97.3 Å². The second-order valence-corrected chi connectivity index (χ2v) is 9.86. The highest BCUT2D eigenvalue weighted by molar-refractivity contribution is 7.80. The molecule has 1 fully saturated rings. The van der Waals surface area contributed by atoms with E-state index in [1.165, 1.54) is 18.4 Å². The van der Waals surface area contributed by atoms with Crippen LogP contribution in [0.2, 0.25) is 0 Å². The van der Waals surface area contributed by atoms with Crippen molar-refractivity contribution >= 4 is 51.4 Å². The number of ether oxygens (including phenoxy) is 1. The lowest BCUT2D eigenvalue weighted by Crippen LogP contribution is -2.41. The molecule has 1 amide bonds. The van der Waals surface area contributed by atoms with Crippen LogP contribution in [-0.2, 0) is 35.6 Å². The summed E-state index contributed by atoms with van der Waals surface area (Å²) in [4.78, 5) is 25.9. The molecule has 0 saturated heterocycles. The zero-order valence-corrected chi connectivity index (χ0v) is 20.4. The zero-order chi connectivity index (χ0) is 25.5. The van der Waals surface area contributed by atoms with E-state index >= 15 is 0 Å². The number of amides is 1. The van der Waals surface area contributed by atoms with Gasteiger partial charge in [-0.15, -0.1) is 11.3 Å². The van der Waals surface area contributed by atoms with Crippen LogP contribution in [-0.4, -0.2) is 45.6 Å². The van der Waals surface area contributed by atoms with Gasteiger partial charge in [-0.25, -0.2) is 9.18 Å². The van der Waals surface area contributed by atoms with Crippen molar-refractivity contribution in [3.05, 3.63) is 27.8 Å². The average Bonchev–Trinajstić information content (AvgIpc) is 3.22. The van der Waals surface area contributed by atoms with E-state index in [0.29, 0.717) is 29.8 Å². The highest BCUT2D eigenvalue weighted by Crippen LogP contribution is 2.41. The van der Waals surface area contributed by atoms with Crippen molar-refractivity contribution in [3.63, 3.8) is 0 Å². The minimum absolute atomic E-state index is 0.0744. The Morgan fingerprint density at radius 1 is 1.34 bits per heavy atom. The van der Waals surface area contributed by atoms with Crippen LogP contribution < -0.4 is 16.0 Å². The molecule has 0 unspecified atom stereocenters. The van der Waals surface area contributed by atoms with Gasteiger partial charge in [0.1, 0.15) is 17.0 Å². The van der Waals surface area contributed by atoms with Gasteiger partial charge in [0, 0.05) is 24.0 Å². The van der Waals surface area contributed by atoms with E-state index in [4.69, 9.17) is 17.0 Å². The van der Waals surface area contributed by atoms with Gasteiger partial charge >= 0.3 is 12.1 Å². The Morgan fingerprint density at radius 2 is 2.06 bits per heavy atom. The number of carbonyl (C=O) groups is 2. The van der Waals surface area contributed by atoms with Crippen LogP contribution in [0.1, 0.15) is 46.3 Å². The number of alkyl halides is 4. The van der Waals surface area contributed by atoms with Crippen LogP contribution in [0, 0.1) is 5.92 Å². The number of fused-ring (bicyclic) bond motifs is 1. The van der Waals surface area contributed by atoms with Gasteiger partial charge < -0.3 is 20.7 Å². The molecule has 2 aliphatic rings. The molecule has 8 nitrogen and oxygen atoms in total. The van der Waals surface area contributed by atoms with Crippen LogP contribution in [0.4, 0.5) is 28.4 Å². The highest BCUT2D eigenvalue weighted by atomic mass is 32.1. The molecule has 14 heteroatoms. The minimum Gasteiger partial charge on any atom is -0.462 e. The molecule has 0 aliphatic heterocycles. The summed E-state index contributed by atoms with van der Waals surface area (Å²) in [6, 6.07) is 0.643. The number of aromatic nitrogens is 2. The monoisotopic (exact) mass is 533 g/mol. The van der Waals surface area contributed by atoms with E-state index in [9.17, 15) is 27.2 Å². The molecule has 2 aromatic heterocycles. The minimum atomic E-state index is -4.58. The maximum Gasteiger partial charge on any atom is 0.435 e. The molecule has 0 spiro atoms. The number of nitrogens with zero attached hydrogens (tertiary/aromatic N) is 2. The Hall–Kier alpha value is -2.74. The van der Waals surface area contributed by atoms with Crippen LogP contribution in [0.3, 0.4) is 0 Å². The third kappa shape index (κ3) is 5.58. The van der Waals surface area contributed by atoms with Crippen molar-refractivity contribution in [3.8, 4) is 0 Å². The molecular weight excluding hydrogens is 510 g/mol. The van der Waals surface area contributed by atoms with E-state index < -0.39 is 35.8 Å². The number of aryl methyl sites for hydroxylation is 2. The Balaban J connectivity index is 1.47. The normalized spacial score (nSPS) is 21.1. The summed E-state index contributed by atoms with van der Waals surface area (Å²) in [6.45, 7) is 1.82. The summed E-state index contributed by atoms with van der Waals surface area (Å²) in [5.74, 6) is -1.67. The number of halogens is 4. The first-order valence-corrected chi connectivity index (χ1v) is 12.2. The number of rotatable bonds is 6. The fraction of sp³-hybridized carbons (Fsp3) is 0.524. The van der Waals surface area contributed by atoms with Gasteiger partial charge in [-0.3, -0.25) is 9.48 Å². The van der Waals surface area contributed by atoms with Crippen molar-refractivity contribution in [2.24, 2.45) is 13.0 Å². The lowest BCUT2D eigenvalue weighted by atomic mass is 9.91. The van der Waals surface area contributed by atoms with Crippen molar-refractivity contribution in [2.75, 3.05) is 17.2 Å². The number of esters is 1. The smallest absolute Gasteiger partial charge is 0.435 e. The van der Waals surface area contributed by atoms with E-state index in [1.807, 2.05) is 0 Å². The average molecular weight is 534 g/mol. The van der Waals surface area contributed by atoms with Gasteiger partial charge in [0.15, 0.2) is 10.8 Å². The molecule has 0 bridgehead atoms. The first-order chi connectivity index (χ1) is 16.5. The third-order valence-corrected chi connectivity index (χ3v) is 7.20. The molecule has 0 radical (unpaired) electrons. The molecule has 3 N–H and O–H groups in total. The van der Waals surface area contributed by atoms with Crippen LogP contribution in [0.25, 0.3) is 0 Å². The molecule has 4 rings (SSSR count). The van der Waals surface area contributed by atoms with Crippen molar-refractivity contribution in [1.29, 1.82) is 0 Å². The fourth-order valence-electron chi connectivity index (χ4n) is 3.91. The summed E-state index contributed by atoms with van der Waals surface area (Å²) in [6.07, 6.45) is -3.97. The Morgan fingerprint density at radius 3 is 2.66 bits per heavy atom. The molecule has 2 heterocycles. The maximum atomic E-state index is 13.3. The van der Waals surface area contributed by atoms with Crippen LogP contribution in [0.15, 0.2) is 6.07 Å². The van der Waals surface area contributed by atoms with E-state index in [0.717, 1.165) is 15.6 Å². The van der Waals surface area contributed by atoms with Gasteiger partial charge in [0.2, 0.25) is 5.91 Å². The van der Waals surface area contributed by atoms with Gasteiger partial charge in [0.25, 0.3) is 0 Å². The lowest BCUT2D eigenvalue weighted by molar-refractivity contribution is -0.141. The number of nitrogens with one attached hydrogen (secondary N) is 3. The SMILES string of the molecule is CCOC(=O)c1c(NC(=O)[C@H]2C[C@H]2F)sc2c1C[C@@H](NC(=S)Nc1cc(C(F)(F)F)nn1C)CC2. The third-order valence-electron chi connectivity index (χ3n) is 5.77. The number of hydrogen-bond donors (Lipinski definition) is 3. The van der Waals surface area contributed by atoms with Crippen molar-refractivity contribution in [2.45, 2.75) is 51.0 Å². The predicted molar refractivity (Wildman–Crippen MR) is 125 cm³/mol. The second kappa shape index (κ2) is 9.72. The zero-order valence-electron chi connectivity index (χ0n) is 18.8. The van der Waals surface area contributed by atoms with E-state index in [1.54, 1.807) is 6.92 Å². The molecule has 35 heavy (non-hydrogen) atoms. The number of anilines is 2. The maximum absolute atomic E-state index is 13.3. The molecule has 0 aromatic carbocycles. The quantitative estimate of drug-likeness (QED) is 0.295. The van der Waals surface area contributed by atoms with Gasteiger partial charge in [-0.1, -0.05) is 0 Å². The van der Waals surface area contributed by atoms with E-state index in [2.05, 4.69) is 21.0 Å². The number of hydrogen-bond acceptors (Lipinski definition) is 6. The molecule has 3 atom stereocenters. The molecule has 190 valence electrons. The Bertz CT molecular complexity index is 1160. The van der Waals surface area contributed by atoms with Crippen LogP contribution in [0.5, 0.6) is 0 Å². The summed E-state index contributed by atoms with van der Waals surface area (Å²) in [5.41, 5.74) is -0.0734. The molecule has 2 aromatic rings. The summed E-state index contributed by atoms with van der Waals surface area (Å²) in [5, 5.41) is 12.4. The molecule has 2 aliphatic carbocycles. The highest BCUT2D eigenvalue weighted by Gasteiger charge is 2.44. The largest absolute Gasteiger partial charge is 0.462 e. The van der Waals surface area contributed by atoms with Gasteiger partial charge in [0.05, 0.1) is 18.1 Å². The number of thiophene rings is 1. The standard InChI is InChI=1S/C21H23F4N5O3S2/c1-3-33-19(32)16-11-6-9(4-5-13(11)35-18(16)28-17(31)10-7-12(10)22)26-20(34)27-15-8-14(21(23,24)25)29-30(15)2/h8-10,12H,3-7H2,1-2H3,(H,28,31)(H2,26,27,34)/t9-,10-,12+/m0/s1. The fourth-order valence-corrected chi connectivity index (χ4v) is 5.42. The number of thiocarbonyl (C=S) groups is 1. The van der Waals surface area contributed by atoms with Crippen molar-refractivity contribution in [1.82, 2.24) is 15.1 Å². The lowest BCUT2D eigenvalue weighted by Gasteiger charge is -2.25. The van der Waals surface area contributed by atoms with Crippen LogP contribution >= 0.6 is 23.6 Å². The summed E-state index contributed by atoms with van der Waals surface area (Å²) < 4.78 is 58.3. The Kier molecular flexibility index (Phi) is 7.04.